The Labute approximate surface area is 115 Å². The summed E-state index contributed by atoms with van der Waals surface area (Å²) in [6.45, 7) is 4.55. The SMILES string of the molecule is CCCC(C[Si](CCC)(OC)OC)C1CCCC1. The van der Waals surface area contributed by atoms with Gasteiger partial charge in [0.2, 0.25) is 0 Å². The summed E-state index contributed by atoms with van der Waals surface area (Å²) in [5.41, 5.74) is 0. The van der Waals surface area contributed by atoms with Gasteiger partial charge in [0.05, 0.1) is 0 Å². The maximum atomic E-state index is 5.88. The third kappa shape index (κ3) is 4.36. The lowest BCUT2D eigenvalue weighted by atomic mass is 9.89. The molecule has 1 aliphatic carbocycles. The monoisotopic (exact) mass is 272 g/mol. The minimum atomic E-state index is -1.91. The summed E-state index contributed by atoms with van der Waals surface area (Å²) in [6, 6.07) is 2.36. The van der Waals surface area contributed by atoms with Crippen LogP contribution in [0.3, 0.4) is 0 Å². The molecule has 1 unspecified atom stereocenters. The van der Waals surface area contributed by atoms with Gasteiger partial charge in [0.1, 0.15) is 0 Å². The zero-order valence-electron chi connectivity index (χ0n) is 12.8. The third-order valence-electron chi connectivity index (χ3n) is 4.67. The zero-order chi connectivity index (χ0) is 13.4. The highest BCUT2D eigenvalue weighted by atomic mass is 28.4. The van der Waals surface area contributed by atoms with Crippen molar-refractivity contribution < 1.29 is 8.85 Å². The normalized spacial score (nSPS) is 19.3. The molecule has 0 saturated heterocycles. The van der Waals surface area contributed by atoms with Gasteiger partial charge in [-0.05, 0) is 23.9 Å². The molecule has 0 N–H and O–H groups in total. The first kappa shape index (κ1) is 16.2. The van der Waals surface area contributed by atoms with Gasteiger partial charge in [-0.15, -0.1) is 0 Å². The first-order valence-electron chi connectivity index (χ1n) is 7.81. The first-order chi connectivity index (χ1) is 8.71. The lowest BCUT2D eigenvalue weighted by Crippen LogP contribution is -2.42. The Bertz CT molecular complexity index is 211. The Morgan fingerprint density at radius 2 is 1.67 bits per heavy atom. The Hall–Kier alpha value is 0.137. The van der Waals surface area contributed by atoms with Crippen LogP contribution in [0.2, 0.25) is 12.1 Å². The van der Waals surface area contributed by atoms with Crippen molar-refractivity contribution >= 4 is 8.56 Å². The van der Waals surface area contributed by atoms with E-state index in [4.69, 9.17) is 8.85 Å². The minimum absolute atomic E-state index is 0.843. The van der Waals surface area contributed by atoms with E-state index in [1.54, 1.807) is 0 Å². The summed E-state index contributed by atoms with van der Waals surface area (Å²) in [4.78, 5) is 0. The fourth-order valence-corrected chi connectivity index (χ4v) is 6.85. The molecule has 0 aliphatic heterocycles. The summed E-state index contributed by atoms with van der Waals surface area (Å²) < 4.78 is 11.8. The second-order valence-electron chi connectivity index (χ2n) is 5.87. The van der Waals surface area contributed by atoms with Gasteiger partial charge in [-0.1, -0.05) is 58.8 Å². The van der Waals surface area contributed by atoms with Crippen LogP contribution >= 0.6 is 0 Å². The Morgan fingerprint density at radius 1 is 1.06 bits per heavy atom. The van der Waals surface area contributed by atoms with Gasteiger partial charge in [0.25, 0.3) is 0 Å². The van der Waals surface area contributed by atoms with E-state index < -0.39 is 8.56 Å². The molecule has 1 fully saturated rings. The van der Waals surface area contributed by atoms with Crippen LogP contribution in [0, 0.1) is 11.8 Å². The van der Waals surface area contributed by atoms with Gasteiger partial charge >= 0.3 is 8.56 Å². The zero-order valence-corrected chi connectivity index (χ0v) is 13.8. The summed E-state index contributed by atoms with van der Waals surface area (Å²) in [7, 11) is 1.82. The number of hydrogen-bond acceptors (Lipinski definition) is 2. The van der Waals surface area contributed by atoms with Crippen molar-refractivity contribution in [3.63, 3.8) is 0 Å². The van der Waals surface area contributed by atoms with Gasteiger partial charge in [-0.25, -0.2) is 0 Å². The molecule has 18 heavy (non-hydrogen) atoms. The third-order valence-corrected chi connectivity index (χ3v) is 8.57. The molecule has 0 heterocycles. The summed E-state index contributed by atoms with van der Waals surface area (Å²) in [5.74, 6) is 1.79. The van der Waals surface area contributed by atoms with Crippen LogP contribution in [0.25, 0.3) is 0 Å². The molecule has 0 amide bonds. The maximum Gasteiger partial charge on any atom is 0.337 e. The largest absolute Gasteiger partial charge is 0.398 e. The van der Waals surface area contributed by atoms with E-state index in [9.17, 15) is 0 Å². The Kier molecular flexibility index (Phi) is 7.50. The average Bonchev–Trinajstić information content (AvgIpc) is 2.91. The predicted molar refractivity (Wildman–Crippen MR) is 80.0 cm³/mol. The van der Waals surface area contributed by atoms with Crippen molar-refractivity contribution in [3.8, 4) is 0 Å². The van der Waals surface area contributed by atoms with Crippen LogP contribution in [0.5, 0.6) is 0 Å². The average molecular weight is 273 g/mol. The number of hydrogen-bond donors (Lipinski definition) is 0. The Morgan fingerprint density at radius 3 is 2.11 bits per heavy atom. The summed E-state index contributed by atoms with van der Waals surface area (Å²) in [6.07, 6.45) is 9.59. The topological polar surface area (TPSA) is 18.5 Å². The molecule has 1 rings (SSSR count). The first-order valence-corrected chi connectivity index (χ1v) is 10.0. The van der Waals surface area contributed by atoms with Crippen LogP contribution < -0.4 is 0 Å². The molecule has 0 aromatic carbocycles. The van der Waals surface area contributed by atoms with E-state index in [0.29, 0.717) is 0 Å². The van der Waals surface area contributed by atoms with E-state index in [1.807, 2.05) is 14.2 Å². The van der Waals surface area contributed by atoms with Crippen molar-refractivity contribution in [1.82, 2.24) is 0 Å². The minimum Gasteiger partial charge on any atom is -0.398 e. The van der Waals surface area contributed by atoms with E-state index in [2.05, 4.69) is 13.8 Å². The van der Waals surface area contributed by atoms with Crippen LogP contribution in [-0.2, 0) is 8.85 Å². The second kappa shape index (κ2) is 8.34. The molecule has 0 aromatic rings. The molecule has 0 radical (unpaired) electrons. The fourth-order valence-electron chi connectivity index (χ4n) is 3.64. The lowest BCUT2D eigenvalue weighted by molar-refractivity contribution is 0.218. The molecule has 3 heteroatoms. The second-order valence-corrected chi connectivity index (χ2v) is 9.41. The van der Waals surface area contributed by atoms with E-state index in [1.165, 1.54) is 51.0 Å². The van der Waals surface area contributed by atoms with E-state index in [-0.39, 0.29) is 0 Å². The van der Waals surface area contributed by atoms with Gasteiger partial charge < -0.3 is 8.85 Å². The molecular formula is C15H32O2Si. The molecular weight excluding hydrogens is 240 g/mol. The molecule has 0 bridgehead atoms. The van der Waals surface area contributed by atoms with Crippen molar-refractivity contribution in [3.05, 3.63) is 0 Å². The van der Waals surface area contributed by atoms with Crippen LogP contribution in [0.4, 0.5) is 0 Å². The van der Waals surface area contributed by atoms with Crippen LogP contribution in [0.15, 0.2) is 0 Å². The summed E-state index contributed by atoms with van der Waals surface area (Å²) in [5, 5.41) is 0. The molecule has 1 saturated carbocycles. The van der Waals surface area contributed by atoms with Crippen LogP contribution in [-0.4, -0.2) is 22.8 Å². The van der Waals surface area contributed by atoms with Gasteiger partial charge in [-0.2, -0.15) is 0 Å². The Balaban J connectivity index is 2.65. The maximum absolute atomic E-state index is 5.88. The molecule has 1 atom stereocenters. The highest BCUT2D eigenvalue weighted by molar-refractivity contribution is 6.67. The van der Waals surface area contributed by atoms with Crippen molar-refractivity contribution in [2.24, 2.45) is 11.8 Å². The van der Waals surface area contributed by atoms with E-state index in [0.717, 1.165) is 17.9 Å². The molecule has 1 aliphatic rings. The van der Waals surface area contributed by atoms with Gasteiger partial charge in [-0.3, -0.25) is 0 Å². The highest BCUT2D eigenvalue weighted by Gasteiger charge is 2.39. The number of rotatable bonds is 9. The quantitative estimate of drug-likeness (QED) is 0.565. The van der Waals surface area contributed by atoms with Crippen molar-refractivity contribution in [2.45, 2.75) is 70.9 Å². The molecule has 0 spiro atoms. The van der Waals surface area contributed by atoms with Crippen molar-refractivity contribution in [2.75, 3.05) is 14.2 Å². The smallest absolute Gasteiger partial charge is 0.337 e. The fraction of sp³-hybridized carbons (Fsp3) is 1.00. The van der Waals surface area contributed by atoms with Crippen molar-refractivity contribution in [1.29, 1.82) is 0 Å². The van der Waals surface area contributed by atoms with Gasteiger partial charge in [0, 0.05) is 14.2 Å². The predicted octanol–water partition coefficient (Wildman–Crippen LogP) is 4.74. The van der Waals surface area contributed by atoms with Crippen LogP contribution in [0.1, 0.15) is 58.8 Å². The highest BCUT2D eigenvalue weighted by Crippen LogP contribution is 2.39. The summed E-state index contributed by atoms with van der Waals surface area (Å²) >= 11 is 0. The molecule has 108 valence electrons. The van der Waals surface area contributed by atoms with Gasteiger partial charge in [0.15, 0.2) is 0 Å². The van der Waals surface area contributed by atoms with E-state index >= 15 is 0 Å². The molecule has 2 nitrogen and oxygen atoms in total. The molecule has 0 aromatic heterocycles. The lowest BCUT2D eigenvalue weighted by Gasteiger charge is -2.33. The standard InChI is InChI=1S/C15H32O2Si/c1-5-9-15(14-10-7-8-11-14)13-18(16-3,17-4)12-6-2/h14-15H,5-13H2,1-4H3.